The lowest BCUT2D eigenvalue weighted by molar-refractivity contribution is 0.246. The number of nitrogens with zero attached hydrogens (tertiary/aromatic N) is 2. The van der Waals surface area contributed by atoms with Crippen LogP contribution in [-0.2, 0) is 13.1 Å². The number of rotatable bonds is 8. The van der Waals surface area contributed by atoms with Crippen LogP contribution in [0.15, 0.2) is 5.38 Å². The van der Waals surface area contributed by atoms with E-state index in [-0.39, 0.29) is 0 Å². The Morgan fingerprint density at radius 2 is 2.18 bits per heavy atom. The molecule has 1 N–H and O–H groups in total. The van der Waals surface area contributed by atoms with Crippen molar-refractivity contribution in [2.75, 3.05) is 19.6 Å². The van der Waals surface area contributed by atoms with Crippen molar-refractivity contribution in [1.29, 1.82) is 0 Å². The minimum Gasteiger partial charge on any atom is -0.311 e. The average Bonchev–Trinajstić information content (AvgIpc) is 2.72. The van der Waals surface area contributed by atoms with Gasteiger partial charge in [0.2, 0.25) is 0 Å². The number of thiazole rings is 1. The molecule has 0 radical (unpaired) electrons. The predicted molar refractivity (Wildman–Crippen MR) is 75.3 cm³/mol. The summed E-state index contributed by atoms with van der Waals surface area (Å²) in [5.41, 5.74) is 1.21. The molecule has 0 saturated heterocycles. The third-order valence-corrected chi connectivity index (χ3v) is 3.48. The van der Waals surface area contributed by atoms with Crippen LogP contribution in [0.2, 0.25) is 0 Å². The van der Waals surface area contributed by atoms with Gasteiger partial charge in [0.05, 0.1) is 5.69 Å². The van der Waals surface area contributed by atoms with Crippen molar-refractivity contribution >= 4 is 11.3 Å². The van der Waals surface area contributed by atoms with Gasteiger partial charge < -0.3 is 5.32 Å². The van der Waals surface area contributed by atoms with Crippen molar-refractivity contribution in [2.24, 2.45) is 5.92 Å². The SMILES string of the molecule is CCNCc1nc(CN(CC)CC(C)C)cs1. The number of hydrogen-bond donors (Lipinski definition) is 1. The van der Waals surface area contributed by atoms with Crippen molar-refractivity contribution in [3.8, 4) is 0 Å². The van der Waals surface area contributed by atoms with Gasteiger partial charge in [-0.3, -0.25) is 4.90 Å². The van der Waals surface area contributed by atoms with Crippen molar-refractivity contribution in [3.05, 3.63) is 16.1 Å². The molecular formula is C13H25N3S. The van der Waals surface area contributed by atoms with E-state index in [1.54, 1.807) is 11.3 Å². The molecule has 3 nitrogen and oxygen atoms in total. The van der Waals surface area contributed by atoms with E-state index in [4.69, 9.17) is 0 Å². The van der Waals surface area contributed by atoms with Gasteiger partial charge in [-0.1, -0.05) is 27.7 Å². The maximum Gasteiger partial charge on any atom is 0.107 e. The first-order chi connectivity index (χ1) is 8.15. The maximum atomic E-state index is 4.66. The van der Waals surface area contributed by atoms with Crippen LogP contribution < -0.4 is 5.32 Å². The molecule has 0 fully saturated rings. The first-order valence-electron chi connectivity index (χ1n) is 6.52. The van der Waals surface area contributed by atoms with Crippen LogP contribution in [0, 0.1) is 5.92 Å². The van der Waals surface area contributed by atoms with Crippen LogP contribution >= 0.6 is 11.3 Å². The Labute approximate surface area is 109 Å². The number of nitrogens with one attached hydrogen (secondary N) is 1. The van der Waals surface area contributed by atoms with E-state index in [1.165, 1.54) is 10.7 Å². The van der Waals surface area contributed by atoms with E-state index in [0.717, 1.165) is 38.6 Å². The second kappa shape index (κ2) is 7.80. The van der Waals surface area contributed by atoms with Crippen LogP contribution in [-0.4, -0.2) is 29.5 Å². The Bertz CT molecular complexity index is 309. The molecule has 0 aromatic carbocycles. The highest BCUT2D eigenvalue weighted by atomic mass is 32.1. The first kappa shape index (κ1) is 14.6. The van der Waals surface area contributed by atoms with E-state index in [0.29, 0.717) is 0 Å². The summed E-state index contributed by atoms with van der Waals surface area (Å²) in [7, 11) is 0. The highest BCUT2D eigenvalue weighted by Crippen LogP contribution is 2.12. The molecule has 0 saturated carbocycles. The summed E-state index contributed by atoms with van der Waals surface area (Å²) in [5.74, 6) is 0.717. The summed E-state index contributed by atoms with van der Waals surface area (Å²) in [5, 5.41) is 6.70. The molecule has 1 aromatic rings. The second-order valence-electron chi connectivity index (χ2n) is 4.73. The summed E-state index contributed by atoms with van der Waals surface area (Å²) in [4.78, 5) is 7.11. The second-order valence-corrected chi connectivity index (χ2v) is 5.68. The van der Waals surface area contributed by atoms with Crippen LogP contribution in [0.1, 0.15) is 38.4 Å². The van der Waals surface area contributed by atoms with Crippen molar-refractivity contribution in [1.82, 2.24) is 15.2 Å². The minimum atomic E-state index is 0.717. The fraction of sp³-hybridized carbons (Fsp3) is 0.769. The van der Waals surface area contributed by atoms with Gasteiger partial charge in [0, 0.05) is 25.0 Å². The molecule has 1 aromatic heterocycles. The molecule has 17 heavy (non-hydrogen) atoms. The van der Waals surface area contributed by atoms with Crippen molar-refractivity contribution in [3.63, 3.8) is 0 Å². The Morgan fingerprint density at radius 1 is 1.41 bits per heavy atom. The lowest BCUT2D eigenvalue weighted by atomic mass is 10.2. The Kier molecular flexibility index (Phi) is 6.70. The zero-order valence-electron chi connectivity index (χ0n) is 11.5. The largest absolute Gasteiger partial charge is 0.311 e. The zero-order valence-corrected chi connectivity index (χ0v) is 12.3. The van der Waals surface area contributed by atoms with Gasteiger partial charge in [0.15, 0.2) is 0 Å². The van der Waals surface area contributed by atoms with Crippen LogP contribution in [0.25, 0.3) is 0 Å². The van der Waals surface area contributed by atoms with Gasteiger partial charge in [0.1, 0.15) is 5.01 Å². The summed E-state index contributed by atoms with van der Waals surface area (Å²) in [6.07, 6.45) is 0. The van der Waals surface area contributed by atoms with Crippen molar-refractivity contribution in [2.45, 2.75) is 40.8 Å². The fourth-order valence-electron chi connectivity index (χ4n) is 1.79. The molecule has 1 heterocycles. The third-order valence-electron chi connectivity index (χ3n) is 2.58. The standard InChI is InChI=1S/C13H25N3S/c1-5-14-7-13-15-12(10-17-13)9-16(6-2)8-11(3)4/h10-11,14H,5-9H2,1-4H3. The zero-order chi connectivity index (χ0) is 12.7. The molecular weight excluding hydrogens is 230 g/mol. The van der Waals surface area contributed by atoms with Crippen LogP contribution in [0.3, 0.4) is 0 Å². The summed E-state index contributed by atoms with van der Waals surface area (Å²) in [6, 6.07) is 0. The Hall–Kier alpha value is -0.450. The van der Waals surface area contributed by atoms with E-state index >= 15 is 0 Å². The van der Waals surface area contributed by atoms with Gasteiger partial charge in [-0.25, -0.2) is 4.98 Å². The van der Waals surface area contributed by atoms with Gasteiger partial charge in [0.25, 0.3) is 0 Å². The molecule has 98 valence electrons. The average molecular weight is 255 g/mol. The number of hydrogen-bond acceptors (Lipinski definition) is 4. The predicted octanol–water partition coefficient (Wildman–Crippen LogP) is 2.73. The first-order valence-corrected chi connectivity index (χ1v) is 7.40. The highest BCUT2D eigenvalue weighted by Gasteiger charge is 2.08. The Balaban J connectivity index is 2.46. The molecule has 4 heteroatoms. The third kappa shape index (κ3) is 5.61. The molecule has 0 unspecified atom stereocenters. The molecule has 0 aliphatic heterocycles. The molecule has 0 bridgehead atoms. The van der Waals surface area contributed by atoms with Gasteiger partial charge in [-0.05, 0) is 19.0 Å². The minimum absolute atomic E-state index is 0.717. The van der Waals surface area contributed by atoms with Gasteiger partial charge >= 0.3 is 0 Å². The molecule has 0 atom stereocenters. The van der Waals surface area contributed by atoms with Gasteiger partial charge in [-0.15, -0.1) is 11.3 Å². The fourth-order valence-corrected chi connectivity index (χ4v) is 2.54. The summed E-state index contributed by atoms with van der Waals surface area (Å²) in [6.45, 7) is 14.0. The van der Waals surface area contributed by atoms with Crippen LogP contribution in [0.5, 0.6) is 0 Å². The smallest absolute Gasteiger partial charge is 0.107 e. The molecule has 1 rings (SSSR count). The normalized spacial score (nSPS) is 11.6. The van der Waals surface area contributed by atoms with E-state index < -0.39 is 0 Å². The van der Waals surface area contributed by atoms with Crippen LogP contribution in [0.4, 0.5) is 0 Å². The molecule has 0 spiro atoms. The topological polar surface area (TPSA) is 28.2 Å². The number of aromatic nitrogens is 1. The molecule has 0 amide bonds. The quantitative estimate of drug-likeness (QED) is 0.774. The summed E-state index contributed by atoms with van der Waals surface area (Å²) < 4.78 is 0. The van der Waals surface area contributed by atoms with Gasteiger partial charge in [-0.2, -0.15) is 0 Å². The van der Waals surface area contributed by atoms with E-state index in [9.17, 15) is 0 Å². The Morgan fingerprint density at radius 3 is 2.76 bits per heavy atom. The van der Waals surface area contributed by atoms with E-state index in [1.807, 2.05) is 0 Å². The molecule has 0 aliphatic rings. The monoisotopic (exact) mass is 255 g/mol. The highest BCUT2D eigenvalue weighted by molar-refractivity contribution is 7.09. The van der Waals surface area contributed by atoms with Crippen molar-refractivity contribution < 1.29 is 0 Å². The lowest BCUT2D eigenvalue weighted by Crippen LogP contribution is -2.27. The molecule has 0 aliphatic carbocycles. The lowest BCUT2D eigenvalue weighted by Gasteiger charge is -2.21. The summed E-state index contributed by atoms with van der Waals surface area (Å²) >= 11 is 1.76. The maximum absolute atomic E-state index is 4.66. The van der Waals surface area contributed by atoms with E-state index in [2.05, 4.69) is 48.3 Å².